The minimum atomic E-state index is -1.20. The van der Waals surface area contributed by atoms with E-state index in [0.29, 0.717) is 12.8 Å². The molecule has 2 amide bonds. The van der Waals surface area contributed by atoms with Crippen LogP contribution >= 0.6 is 0 Å². The van der Waals surface area contributed by atoms with E-state index in [-0.39, 0.29) is 18.9 Å². The average molecular weight is 471 g/mol. The molecule has 0 saturated heterocycles. The molecule has 0 aliphatic heterocycles. The van der Waals surface area contributed by atoms with Crippen molar-refractivity contribution in [3.8, 4) is 5.75 Å². The second-order valence-corrected chi connectivity index (χ2v) is 8.99. The molecule has 1 unspecified atom stereocenters. The fourth-order valence-corrected chi connectivity index (χ4v) is 3.51. The SMILES string of the molecule is CC(C)(C)OC(=O)NC[C@H](NC(=O)OCc1ccccc1)C(=O)OC1CCc2cc(O)ccc21. The van der Waals surface area contributed by atoms with Crippen LogP contribution in [0.25, 0.3) is 0 Å². The largest absolute Gasteiger partial charge is 0.508 e. The number of nitrogens with one attached hydrogen (secondary N) is 2. The van der Waals surface area contributed by atoms with Crippen molar-refractivity contribution in [1.82, 2.24) is 10.6 Å². The maximum Gasteiger partial charge on any atom is 0.408 e. The van der Waals surface area contributed by atoms with E-state index in [0.717, 1.165) is 16.7 Å². The van der Waals surface area contributed by atoms with Crippen molar-refractivity contribution in [2.45, 2.75) is 58.0 Å². The number of esters is 1. The van der Waals surface area contributed by atoms with Crippen LogP contribution < -0.4 is 10.6 Å². The van der Waals surface area contributed by atoms with Crippen molar-refractivity contribution in [2.75, 3.05) is 6.54 Å². The van der Waals surface area contributed by atoms with Gasteiger partial charge in [0.15, 0.2) is 0 Å². The van der Waals surface area contributed by atoms with Crippen LogP contribution in [0.2, 0.25) is 0 Å². The van der Waals surface area contributed by atoms with Gasteiger partial charge < -0.3 is 30.0 Å². The Morgan fingerprint density at radius 1 is 1.09 bits per heavy atom. The van der Waals surface area contributed by atoms with E-state index in [2.05, 4.69) is 10.6 Å². The maximum absolute atomic E-state index is 12.9. The first-order chi connectivity index (χ1) is 16.1. The van der Waals surface area contributed by atoms with E-state index in [1.807, 2.05) is 18.2 Å². The topological polar surface area (TPSA) is 123 Å². The lowest BCUT2D eigenvalue weighted by Crippen LogP contribution is -2.50. The lowest BCUT2D eigenvalue weighted by Gasteiger charge is -2.23. The highest BCUT2D eigenvalue weighted by Gasteiger charge is 2.31. The van der Waals surface area contributed by atoms with Crippen LogP contribution in [0, 0.1) is 0 Å². The number of alkyl carbamates (subject to hydrolysis) is 2. The lowest BCUT2D eigenvalue weighted by molar-refractivity contribution is -0.151. The van der Waals surface area contributed by atoms with Crippen LogP contribution in [0.5, 0.6) is 5.75 Å². The van der Waals surface area contributed by atoms with E-state index < -0.39 is 35.9 Å². The fourth-order valence-electron chi connectivity index (χ4n) is 3.51. The zero-order valence-electron chi connectivity index (χ0n) is 19.5. The number of ether oxygens (including phenoxy) is 3. The normalized spacial score (nSPS) is 15.6. The van der Waals surface area contributed by atoms with Gasteiger partial charge in [-0.05, 0) is 62.4 Å². The monoisotopic (exact) mass is 470 g/mol. The number of hydrogen-bond acceptors (Lipinski definition) is 7. The number of aromatic hydroxyl groups is 1. The van der Waals surface area contributed by atoms with Crippen LogP contribution in [0.1, 0.15) is 50.0 Å². The second-order valence-electron chi connectivity index (χ2n) is 8.99. The van der Waals surface area contributed by atoms with Crippen LogP contribution in [0.4, 0.5) is 9.59 Å². The third-order valence-electron chi connectivity index (χ3n) is 5.05. The third-order valence-corrected chi connectivity index (χ3v) is 5.05. The fraction of sp³-hybridized carbons (Fsp3) is 0.400. The number of benzene rings is 2. The van der Waals surface area contributed by atoms with Crippen molar-refractivity contribution in [3.63, 3.8) is 0 Å². The van der Waals surface area contributed by atoms with Crippen LogP contribution in [0.15, 0.2) is 48.5 Å². The van der Waals surface area contributed by atoms with Gasteiger partial charge in [0.25, 0.3) is 0 Å². The van der Waals surface area contributed by atoms with Gasteiger partial charge in [0.05, 0.1) is 6.54 Å². The number of phenols is 1. The summed E-state index contributed by atoms with van der Waals surface area (Å²) in [6.07, 6.45) is -0.876. The van der Waals surface area contributed by atoms with E-state index in [1.165, 1.54) is 6.07 Å². The van der Waals surface area contributed by atoms with E-state index in [9.17, 15) is 19.5 Å². The zero-order valence-corrected chi connectivity index (χ0v) is 19.5. The summed E-state index contributed by atoms with van der Waals surface area (Å²) in [4.78, 5) is 37.4. The van der Waals surface area contributed by atoms with Gasteiger partial charge in [-0.25, -0.2) is 14.4 Å². The molecule has 2 aromatic rings. The number of carbonyl (C=O) groups excluding carboxylic acids is 3. The molecule has 1 aliphatic carbocycles. The highest BCUT2D eigenvalue weighted by atomic mass is 16.6. The Hall–Kier alpha value is -3.75. The number of rotatable bonds is 7. The minimum absolute atomic E-state index is 0.0213. The Morgan fingerprint density at radius 3 is 2.53 bits per heavy atom. The summed E-state index contributed by atoms with van der Waals surface area (Å²) in [7, 11) is 0. The molecule has 2 aromatic carbocycles. The van der Waals surface area contributed by atoms with Crippen LogP contribution in [-0.4, -0.2) is 41.4 Å². The molecule has 0 radical (unpaired) electrons. The van der Waals surface area contributed by atoms with Gasteiger partial charge in [-0.1, -0.05) is 36.4 Å². The van der Waals surface area contributed by atoms with Gasteiger partial charge in [0.2, 0.25) is 0 Å². The Bertz CT molecular complexity index is 1020. The molecule has 0 spiro atoms. The molecule has 9 nitrogen and oxygen atoms in total. The van der Waals surface area contributed by atoms with Crippen molar-refractivity contribution < 1.29 is 33.7 Å². The van der Waals surface area contributed by atoms with Crippen LogP contribution in [-0.2, 0) is 32.0 Å². The smallest absolute Gasteiger partial charge is 0.408 e. The summed E-state index contributed by atoms with van der Waals surface area (Å²) >= 11 is 0. The van der Waals surface area contributed by atoms with Gasteiger partial charge in [-0.2, -0.15) is 0 Å². The zero-order chi connectivity index (χ0) is 24.7. The van der Waals surface area contributed by atoms with Gasteiger partial charge >= 0.3 is 18.2 Å². The van der Waals surface area contributed by atoms with E-state index >= 15 is 0 Å². The van der Waals surface area contributed by atoms with Gasteiger partial charge in [-0.3, -0.25) is 0 Å². The second kappa shape index (κ2) is 10.9. The summed E-state index contributed by atoms with van der Waals surface area (Å²) < 4.78 is 16.1. The van der Waals surface area contributed by atoms with Gasteiger partial charge in [0.1, 0.15) is 30.1 Å². The summed E-state index contributed by atoms with van der Waals surface area (Å²) in [5.74, 6) is -0.577. The molecule has 1 aliphatic rings. The predicted molar refractivity (Wildman–Crippen MR) is 123 cm³/mol. The standard InChI is InChI=1S/C25H30N2O7/c1-25(2,3)34-23(30)26-14-20(27-24(31)32-15-16-7-5-4-6-8-16)22(29)33-21-12-9-17-13-18(28)10-11-19(17)21/h4-8,10-11,13,20-21,28H,9,12,14-15H2,1-3H3,(H,26,30)(H,27,31)/t20-,21?/m0/s1. The molecule has 0 heterocycles. The van der Waals surface area contributed by atoms with Crippen molar-refractivity contribution in [1.29, 1.82) is 0 Å². The molecule has 3 N–H and O–H groups in total. The molecule has 9 heteroatoms. The van der Waals surface area contributed by atoms with Crippen molar-refractivity contribution in [2.24, 2.45) is 0 Å². The first kappa shape index (κ1) is 24.9. The Labute approximate surface area is 198 Å². The first-order valence-electron chi connectivity index (χ1n) is 11.1. The van der Waals surface area contributed by atoms with E-state index in [4.69, 9.17) is 14.2 Å². The number of amides is 2. The summed E-state index contributed by atoms with van der Waals surface area (Å²) in [6, 6.07) is 12.8. The quantitative estimate of drug-likeness (QED) is 0.416. The number of carbonyl (C=O) groups is 3. The lowest BCUT2D eigenvalue weighted by atomic mass is 10.1. The highest BCUT2D eigenvalue weighted by Crippen LogP contribution is 2.36. The summed E-state index contributed by atoms with van der Waals surface area (Å²) in [5.41, 5.74) is 1.77. The number of phenolic OH excluding ortho intramolecular Hbond substituents is 1. The molecule has 34 heavy (non-hydrogen) atoms. The Morgan fingerprint density at radius 2 is 1.82 bits per heavy atom. The maximum atomic E-state index is 12.9. The molecule has 3 rings (SSSR count). The summed E-state index contributed by atoms with van der Waals surface area (Å²) in [6.45, 7) is 4.92. The molecule has 2 atom stereocenters. The Kier molecular flexibility index (Phi) is 7.99. The number of hydrogen-bond donors (Lipinski definition) is 3. The van der Waals surface area contributed by atoms with E-state index in [1.54, 1.807) is 45.0 Å². The number of fused-ring (bicyclic) bond motifs is 1. The molecule has 0 fully saturated rings. The van der Waals surface area contributed by atoms with Crippen LogP contribution in [0.3, 0.4) is 0 Å². The molecule has 0 aromatic heterocycles. The molecular weight excluding hydrogens is 440 g/mol. The predicted octanol–water partition coefficient (Wildman–Crippen LogP) is 3.74. The van der Waals surface area contributed by atoms with Gasteiger partial charge in [-0.15, -0.1) is 0 Å². The Balaban J connectivity index is 1.63. The third kappa shape index (κ3) is 7.40. The van der Waals surface area contributed by atoms with Crippen molar-refractivity contribution >= 4 is 18.2 Å². The van der Waals surface area contributed by atoms with Gasteiger partial charge in [0, 0.05) is 0 Å². The highest BCUT2D eigenvalue weighted by molar-refractivity contribution is 5.82. The average Bonchev–Trinajstić information content (AvgIpc) is 3.16. The molecule has 0 saturated carbocycles. The molecule has 0 bridgehead atoms. The molecular formula is C25H30N2O7. The number of aryl methyl sites for hydroxylation is 1. The van der Waals surface area contributed by atoms with Crippen molar-refractivity contribution in [3.05, 3.63) is 65.2 Å². The first-order valence-corrected chi connectivity index (χ1v) is 11.1. The summed E-state index contributed by atoms with van der Waals surface area (Å²) in [5, 5.41) is 14.6. The molecule has 182 valence electrons. The minimum Gasteiger partial charge on any atom is -0.508 e.